The Hall–Kier alpha value is -2.68. The van der Waals surface area contributed by atoms with Crippen LogP contribution in [-0.2, 0) is 0 Å². The summed E-state index contributed by atoms with van der Waals surface area (Å²) in [5.74, 6) is 1.06. The normalized spacial score (nSPS) is 11.0. The van der Waals surface area contributed by atoms with Crippen molar-refractivity contribution in [1.29, 1.82) is 0 Å². The van der Waals surface area contributed by atoms with Gasteiger partial charge in [0.25, 0.3) is 0 Å². The van der Waals surface area contributed by atoms with Crippen LogP contribution in [0.3, 0.4) is 0 Å². The van der Waals surface area contributed by atoms with Gasteiger partial charge >= 0.3 is 0 Å². The summed E-state index contributed by atoms with van der Waals surface area (Å²) < 4.78 is 19.3. The summed E-state index contributed by atoms with van der Waals surface area (Å²) in [4.78, 5) is 11.7. The molecule has 3 aromatic rings. The van der Waals surface area contributed by atoms with Gasteiger partial charge in [-0.15, -0.1) is 0 Å². The fourth-order valence-electron chi connectivity index (χ4n) is 2.70. The zero-order valence-corrected chi connectivity index (χ0v) is 13.0. The molecular formula is C20H17FO2. The largest absolute Gasteiger partial charge is 0.459 e. The van der Waals surface area contributed by atoms with Crippen molar-refractivity contribution in [3.63, 3.8) is 0 Å². The van der Waals surface area contributed by atoms with Crippen LogP contribution in [0.2, 0.25) is 0 Å². The molecular weight excluding hydrogens is 291 g/mol. The van der Waals surface area contributed by atoms with Crippen LogP contribution in [0.25, 0.3) is 22.5 Å². The van der Waals surface area contributed by atoms with Gasteiger partial charge in [-0.3, -0.25) is 4.79 Å². The second-order valence-electron chi connectivity index (χ2n) is 5.73. The molecule has 3 rings (SSSR count). The van der Waals surface area contributed by atoms with Crippen molar-refractivity contribution >= 4 is 6.29 Å². The fourth-order valence-corrected chi connectivity index (χ4v) is 2.70. The number of halogens is 1. The molecule has 2 aromatic carbocycles. The molecule has 0 amide bonds. The first-order chi connectivity index (χ1) is 11.1. The highest BCUT2D eigenvalue weighted by molar-refractivity contribution is 5.95. The van der Waals surface area contributed by atoms with Crippen LogP contribution in [0.5, 0.6) is 0 Å². The monoisotopic (exact) mass is 308 g/mol. The van der Waals surface area contributed by atoms with Crippen LogP contribution in [-0.4, -0.2) is 6.29 Å². The molecule has 116 valence electrons. The van der Waals surface area contributed by atoms with Gasteiger partial charge in [-0.2, -0.15) is 0 Å². The molecule has 23 heavy (non-hydrogen) atoms. The maximum atomic E-state index is 13.2. The van der Waals surface area contributed by atoms with Crippen LogP contribution in [0.15, 0.2) is 59.0 Å². The summed E-state index contributed by atoms with van der Waals surface area (Å²) >= 11 is 0. The zero-order chi connectivity index (χ0) is 16.4. The molecule has 0 saturated carbocycles. The number of aldehydes is 1. The predicted molar refractivity (Wildman–Crippen MR) is 89.0 cm³/mol. The van der Waals surface area contributed by atoms with Crippen molar-refractivity contribution in [2.75, 3.05) is 0 Å². The molecule has 1 aromatic heterocycles. The van der Waals surface area contributed by atoms with Crippen molar-refractivity contribution in [2.45, 2.75) is 19.8 Å². The van der Waals surface area contributed by atoms with E-state index in [1.165, 1.54) is 12.1 Å². The van der Waals surface area contributed by atoms with E-state index in [2.05, 4.69) is 0 Å². The molecule has 2 nitrogen and oxygen atoms in total. The summed E-state index contributed by atoms with van der Waals surface area (Å²) in [5.41, 5.74) is 2.91. The van der Waals surface area contributed by atoms with Gasteiger partial charge in [-0.1, -0.05) is 56.3 Å². The average molecular weight is 308 g/mol. The minimum absolute atomic E-state index is 0.0758. The van der Waals surface area contributed by atoms with E-state index in [0.29, 0.717) is 17.1 Å². The molecule has 3 heteroatoms. The van der Waals surface area contributed by atoms with Crippen molar-refractivity contribution < 1.29 is 13.6 Å². The second-order valence-corrected chi connectivity index (χ2v) is 5.73. The van der Waals surface area contributed by atoms with E-state index in [4.69, 9.17) is 4.42 Å². The van der Waals surface area contributed by atoms with E-state index in [0.717, 1.165) is 23.0 Å². The SMILES string of the molecule is CC(C)c1oc(-c2ccccc2)c(-c2ccc(F)cc2)c1C=O. The quantitative estimate of drug-likeness (QED) is 0.580. The zero-order valence-electron chi connectivity index (χ0n) is 13.0. The van der Waals surface area contributed by atoms with Gasteiger partial charge in [-0.25, -0.2) is 4.39 Å². The third kappa shape index (κ3) is 2.82. The lowest BCUT2D eigenvalue weighted by atomic mass is 9.95. The van der Waals surface area contributed by atoms with Gasteiger partial charge in [0, 0.05) is 17.0 Å². The van der Waals surface area contributed by atoms with E-state index in [1.54, 1.807) is 12.1 Å². The minimum Gasteiger partial charge on any atom is -0.459 e. The Kier molecular flexibility index (Phi) is 4.11. The van der Waals surface area contributed by atoms with Crippen LogP contribution in [0.1, 0.15) is 35.9 Å². The molecule has 0 spiro atoms. The number of rotatable bonds is 4. The lowest BCUT2D eigenvalue weighted by molar-refractivity contribution is 0.112. The van der Waals surface area contributed by atoms with Gasteiger partial charge in [0.15, 0.2) is 6.29 Å². The number of furan rings is 1. The third-order valence-corrected chi connectivity index (χ3v) is 3.78. The molecule has 0 radical (unpaired) electrons. The average Bonchev–Trinajstić information content (AvgIpc) is 2.96. The first kappa shape index (κ1) is 15.2. The Bertz CT molecular complexity index is 815. The second kappa shape index (κ2) is 6.21. The van der Waals surface area contributed by atoms with E-state index < -0.39 is 0 Å². The van der Waals surface area contributed by atoms with Crippen molar-refractivity contribution in [1.82, 2.24) is 0 Å². The van der Waals surface area contributed by atoms with Gasteiger partial charge in [0.1, 0.15) is 17.3 Å². The summed E-state index contributed by atoms with van der Waals surface area (Å²) in [7, 11) is 0. The van der Waals surface area contributed by atoms with Crippen LogP contribution in [0.4, 0.5) is 4.39 Å². The van der Waals surface area contributed by atoms with E-state index in [-0.39, 0.29) is 11.7 Å². The van der Waals surface area contributed by atoms with Crippen molar-refractivity contribution in [3.05, 3.63) is 71.7 Å². The van der Waals surface area contributed by atoms with E-state index >= 15 is 0 Å². The molecule has 0 aliphatic rings. The summed E-state index contributed by atoms with van der Waals surface area (Å²) in [5, 5.41) is 0. The molecule has 0 N–H and O–H groups in total. The van der Waals surface area contributed by atoms with Crippen molar-refractivity contribution in [3.8, 4) is 22.5 Å². The Balaban J connectivity index is 2.30. The molecule has 0 aliphatic heterocycles. The summed E-state index contributed by atoms with van der Waals surface area (Å²) in [6.45, 7) is 3.96. The van der Waals surface area contributed by atoms with Gasteiger partial charge < -0.3 is 4.42 Å². The number of hydrogen-bond donors (Lipinski definition) is 0. The Morgan fingerprint density at radius 1 is 0.957 bits per heavy atom. The van der Waals surface area contributed by atoms with Crippen LogP contribution >= 0.6 is 0 Å². The third-order valence-electron chi connectivity index (χ3n) is 3.78. The maximum absolute atomic E-state index is 13.2. The molecule has 0 fully saturated rings. The predicted octanol–water partition coefficient (Wildman–Crippen LogP) is 5.69. The van der Waals surface area contributed by atoms with Gasteiger partial charge in [0.05, 0.1) is 5.56 Å². The van der Waals surface area contributed by atoms with Gasteiger partial charge in [-0.05, 0) is 17.7 Å². The standard InChI is InChI=1S/C20H17FO2/c1-13(2)19-17(12-22)18(14-8-10-16(21)11-9-14)20(23-19)15-6-4-3-5-7-15/h3-13H,1-2H3. The lowest BCUT2D eigenvalue weighted by Gasteiger charge is -2.04. The maximum Gasteiger partial charge on any atom is 0.154 e. The molecule has 0 saturated heterocycles. The number of hydrogen-bond acceptors (Lipinski definition) is 2. The van der Waals surface area contributed by atoms with Crippen LogP contribution in [0, 0.1) is 5.82 Å². The van der Waals surface area contributed by atoms with Crippen LogP contribution < -0.4 is 0 Å². The molecule has 0 aliphatic carbocycles. The highest BCUT2D eigenvalue weighted by atomic mass is 19.1. The molecule has 1 heterocycles. The Morgan fingerprint density at radius 3 is 2.17 bits per heavy atom. The summed E-state index contributed by atoms with van der Waals surface area (Å²) in [6.07, 6.45) is 0.823. The van der Waals surface area contributed by atoms with E-state index in [9.17, 15) is 9.18 Å². The highest BCUT2D eigenvalue weighted by Crippen LogP contribution is 2.40. The number of benzene rings is 2. The topological polar surface area (TPSA) is 30.2 Å². The number of carbonyl (C=O) groups excluding carboxylic acids is 1. The lowest BCUT2D eigenvalue weighted by Crippen LogP contribution is -1.92. The van der Waals surface area contributed by atoms with Gasteiger partial charge in [0.2, 0.25) is 0 Å². The Morgan fingerprint density at radius 2 is 1.61 bits per heavy atom. The summed E-state index contributed by atoms with van der Waals surface area (Å²) in [6, 6.07) is 15.8. The Labute approximate surface area is 134 Å². The first-order valence-electron chi connectivity index (χ1n) is 7.55. The number of carbonyl (C=O) groups is 1. The highest BCUT2D eigenvalue weighted by Gasteiger charge is 2.23. The molecule has 0 bridgehead atoms. The van der Waals surface area contributed by atoms with Crippen molar-refractivity contribution in [2.24, 2.45) is 0 Å². The fraction of sp³-hybridized carbons (Fsp3) is 0.150. The van der Waals surface area contributed by atoms with E-state index in [1.807, 2.05) is 44.2 Å². The molecule has 0 unspecified atom stereocenters. The molecule has 0 atom stereocenters. The first-order valence-corrected chi connectivity index (χ1v) is 7.55. The minimum atomic E-state index is -0.310. The smallest absolute Gasteiger partial charge is 0.154 e.